The number of aliphatic carboxylic acids is 1. The van der Waals surface area contributed by atoms with Crippen molar-refractivity contribution in [3.05, 3.63) is 35.9 Å². The molecule has 0 radical (unpaired) electrons. The van der Waals surface area contributed by atoms with E-state index in [2.05, 4.69) is 0 Å². The fourth-order valence-corrected chi connectivity index (χ4v) is 1.13. The normalized spacial score (nSPS) is 13.8. The highest BCUT2D eigenvalue weighted by Gasteiger charge is 2.28. The molecule has 5 N–H and O–H groups in total. The van der Waals surface area contributed by atoms with E-state index < -0.39 is 24.0 Å². The van der Waals surface area contributed by atoms with E-state index in [0.717, 1.165) is 5.56 Å². The Morgan fingerprint density at radius 3 is 2.29 bits per heavy atom. The van der Waals surface area contributed by atoms with Crippen molar-refractivity contribution in [3.8, 4) is 0 Å². The summed E-state index contributed by atoms with van der Waals surface area (Å²) in [6.07, 6.45) is 0. The minimum atomic E-state index is -1.46. The van der Waals surface area contributed by atoms with Gasteiger partial charge in [0.15, 0.2) is 0 Å². The molecule has 1 aromatic carbocycles. The first-order valence-corrected chi connectivity index (χ1v) is 4.97. The molecule has 0 saturated heterocycles. The lowest BCUT2D eigenvalue weighted by Gasteiger charge is -2.14. The number of carboxylic acid groups (broad SMARTS) is 1. The quantitative estimate of drug-likeness (QED) is 0.594. The summed E-state index contributed by atoms with van der Waals surface area (Å²) in [7, 11) is 0. The third-order valence-electron chi connectivity index (χ3n) is 2.17. The predicted octanol–water partition coefficient (Wildman–Crippen LogP) is -0.531. The first-order valence-electron chi connectivity index (χ1n) is 4.97. The van der Waals surface area contributed by atoms with Gasteiger partial charge in [0.25, 0.3) is 0 Å². The van der Waals surface area contributed by atoms with Crippen LogP contribution >= 0.6 is 0 Å². The van der Waals surface area contributed by atoms with Crippen LogP contribution in [0.15, 0.2) is 30.3 Å². The SMILES string of the molecule is NC(C(=O)OCc1ccccc1)[C@H](N)C(=O)O. The molecule has 2 atom stereocenters. The summed E-state index contributed by atoms with van der Waals surface area (Å²) in [5, 5.41) is 8.57. The van der Waals surface area contributed by atoms with E-state index >= 15 is 0 Å². The van der Waals surface area contributed by atoms with Gasteiger partial charge >= 0.3 is 11.9 Å². The maximum Gasteiger partial charge on any atom is 0.325 e. The van der Waals surface area contributed by atoms with Crippen molar-refractivity contribution in [1.82, 2.24) is 0 Å². The summed E-state index contributed by atoms with van der Waals surface area (Å²) < 4.78 is 4.85. The number of esters is 1. The van der Waals surface area contributed by atoms with E-state index in [-0.39, 0.29) is 6.61 Å². The van der Waals surface area contributed by atoms with Gasteiger partial charge < -0.3 is 21.3 Å². The summed E-state index contributed by atoms with van der Waals surface area (Å²) in [5.74, 6) is -2.17. The molecule has 6 nitrogen and oxygen atoms in total. The number of carbonyl (C=O) groups excluding carboxylic acids is 1. The number of benzene rings is 1. The molecule has 0 bridgehead atoms. The largest absolute Gasteiger partial charge is 0.480 e. The van der Waals surface area contributed by atoms with E-state index in [4.69, 9.17) is 21.3 Å². The number of carbonyl (C=O) groups is 2. The lowest BCUT2D eigenvalue weighted by molar-refractivity contribution is -0.151. The third-order valence-corrected chi connectivity index (χ3v) is 2.17. The molecule has 0 aliphatic rings. The van der Waals surface area contributed by atoms with Gasteiger partial charge in [0, 0.05) is 0 Å². The fraction of sp³-hybridized carbons (Fsp3) is 0.273. The number of rotatable bonds is 5. The Hall–Kier alpha value is -1.92. The maximum atomic E-state index is 11.4. The van der Waals surface area contributed by atoms with Gasteiger partial charge in [-0.15, -0.1) is 0 Å². The van der Waals surface area contributed by atoms with Crippen LogP contribution in [0, 0.1) is 0 Å². The molecule has 1 rings (SSSR count). The molecule has 92 valence electrons. The van der Waals surface area contributed by atoms with E-state index in [9.17, 15) is 9.59 Å². The third kappa shape index (κ3) is 3.86. The number of carboxylic acids is 1. The smallest absolute Gasteiger partial charge is 0.325 e. The number of hydrogen-bond acceptors (Lipinski definition) is 5. The highest BCUT2D eigenvalue weighted by Crippen LogP contribution is 2.02. The van der Waals surface area contributed by atoms with Gasteiger partial charge in [-0.1, -0.05) is 30.3 Å². The Bertz CT molecular complexity index is 394. The topological polar surface area (TPSA) is 116 Å². The van der Waals surface area contributed by atoms with Crippen LogP contribution in [-0.4, -0.2) is 29.1 Å². The van der Waals surface area contributed by atoms with Gasteiger partial charge in [-0.25, -0.2) is 0 Å². The molecule has 0 fully saturated rings. The number of hydrogen-bond donors (Lipinski definition) is 3. The average molecular weight is 238 g/mol. The zero-order valence-electron chi connectivity index (χ0n) is 9.08. The first kappa shape index (κ1) is 13.1. The van der Waals surface area contributed by atoms with Gasteiger partial charge in [-0.05, 0) is 5.56 Å². The van der Waals surface area contributed by atoms with Crippen molar-refractivity contribution in [2.24, 2.45) is 11.5 Å². The van der Waals surface area contributed by atoms with Crippen molar-refractivity contribution in [3.63, 3.8) is 0 Å². The van der Waals surface area contributed by atoms with Gasteiger partial charge in [0.2, 0.25) is 0 Å². The summed E-state index contributed by atoms with van der Waals surface area (Å²) in [6.45, 7) is 0.0414. The number of ether oxygens (including phenoxy) is 1. The molecular formula is C11H14N2O4. The van der Waals surface area contributed by atoms with Crippen LogP contribution < -0.4 is 11.5 Å². The summed E-state index contributed by atoms with van der Waals surface area (Å²) in [4.78, 5) is 21.9. The maximum absolute atomic E-state index is 11.4. The van der Waals surface area contributed by atoms with Gasteiger partial charge in [-0.2, -0.15) is 0 Å². The molecule has 0 aliphatic heterocycles. The Kier molecular flexibility index (Phi) is 4.62. The Labute approximate surface area is 98.2 Å². The monoisotopic (exact) mass is 238 g/mol. The van der Waals surface area contributed by atoms with Crippen LogP contribution in [0.25, 0.3) is 0 Å². The Morgan fingerprint density at radius 1 is 1.18 bits per heavy atom. The highest BCUT2D eigenvalue weighted by atomic mass is 16.5. The summed E-state index contributed by atoms with van der Waals surface area (Å²) >= 11 is 0. The summed E-state index contributed by atoms with van der Waals surface area (Å²) in [5.41, 5.74) is 11.3. The summed E-state index contributed by atoms with van der Waals surface area (Å²) in [6, 6.07) is 6.15. The molecule has 1 aromatic rings. The lowest BCUT2D eigenvalue weighted by Crippen LogP contribution is -2.52. The zero-order chi connectivity index (χ0) is 12.8. The first-order chi connectivity index (χ1) is 8.02. The van der Waals surface area contributed by atoms with Crippen LogP contribution in [-0.2, 0) is 20.9 Å². The molecule has 1 unspecified atom stereocenters. The highest BCUT2D eigenvalue weighted by molar-refractivity contribution is 5.85. The van der Waals surface area contributed by atoms with Crippen molar-refractivity contribution in [2.75, 3.05) is 0 Å². The Morgan fingerprint density at radius 2 is 1.76 bits per heavy atom. The van der Waals surface area contributed by atoms with Crippen molar-refractivity contribution in [1.29, 1.82) is 0 Å². The standard InChI is InChI=1S/C11H14N2O4/c12-8(10(14)15)9(13)11(16)17-6-7-4-2-1-3-5-7/h1-5,8-9H,6,12-13H2,(H,14,15)/t8-,9?/m0/s1. The second-order valence-corrected chi connectivity index (χ2v) is 3.48. The molecule has 0 heterocycles. The van der Waals surface area contributed by atoms with E-state index in [1.807, 2.05) is 6.07 Å². The Balaban J connectivity index is 2.47. The second kappa shape index (κ2) is 5.97. The van der Waals surface area contributed by atoms with E-state index in [1.165, 1.54) is 0 Å². The van der Waals surface area contributed by atoms with Crippen LogP contribution in [0.4, 0.5) is 0 Å². The van der Waals surface area contributed by atoms with Gasteiger partial charge in [0.05, 0.1) is 0 Å². The van der Waals surface area contributed by atoms with Crippen molar-refractivity contribution < 1.29 is 19.4 Å². The molecule has 17 heavy (non-hydrogen) atoms. The lowest BCUT2D eigenvalue weighted by atomic mass is 10.1. The second-order valence-electron chi connectivity index (χ2n) is 3.48. The minimum absolute atomic E-state index is 0.0414. The van der Waals surface area contributed by atoms with Crippen LogP contribution in [0.3, 0.4) is 0 Å². The molecule has 0 aliphatic carbocycles. The minimum Gasteiger partial charge on any atom is -0.480 e. The van der Waals surface area contributed by atoms with Crippen LogP contribution in [0.1, 0.15) is 5.56 Å². The van der Waals surface area contributed by atoms with Crippen molar-refractivity contribution >= 4 is 11.9 Å². The van der Waals surface area contributed by atoms with Crippen LogP contribution in [0.2, 0.25) is 0 Å². The van der Waals surface area contributed by atoms with Crippen molar-refractivity contribution in [2.45, 2.75) is 18.7 Å². The van der Waals surface area contributed by atoms with E-state index in [0.29, 0.717) is 0 Å². The number of nitrogens with two attached hydrogens (primary N) is 2. The fourth-order valence-electron chi connectivity index (χ4n) is 1.13. The van der Waals surface area contributed by atoms with Gasteiger partial charge in [-0.3, -0.25) is 9.59 Å². The van der Waals surface area contributed by atoms with Gasteiger partial charge in [0.1, 0.15) is 18.7 Å². The molecule has 0 spiro atoms. The van der Waals surface area contributed by atoms with E-state index in [1.54, 1.807) is 24.3 Å². The zero-order valence-corrected chi connectivity index (χ0v) is 9.08. The molecule has 0 saturated carbocycles. The average Bonchev–Trinajstić information content (AvgIpc) is 2.35. The molecule has 0 aromatic heterocycles. The molecular weight excluding hydrogens is 224 g/mol. The molecule has 6 heteroatoms. The van der Waals surface area contributed by atoms with Crippen LogP contribution in [0.5, 0.6) is 0 Å². The predicted molar refractivity (Wildman–Crippen MR) is 59.8 cm³/mol. The molecule has 0 amide bonds.